The maximum Gasteiger partial charge on any atom is 0.303 e. The molecule has 0 amide bonds. The lowest BCUT2D eigenvalue weighted by atomic mass is 9.90. The van der Waals surface area contributed by atoms with E-state index in [1.54, 1.807) is 14.2 Å². The fourth-order valence-electron chi connectivity index (χ4n) is 1.78. The molecular weight excluding hydrogens is 248 g/mol. The van der Waals surface area contributed by atoms with Crippen LogP contribution in [-0.2, 0) is 23.8 Å². The van der Waals surface area contributed by atoms with Crippen LogP contribution in [-0.4, -0.2) is 38.4 Å². The Balaban J connectivity index is 4.74. The van der Waals surface area contributed by atoms with Crippen molar-refractivity contribution in [2.24, 2.45) is 5.92 Å². The number of Topliss-reactive ketones (excluding diaryl/α,β-unsaturated/α-hetero) is 1. The zero-order chi connectivity index (χ0) is 15.0. The van der Waals surface area contributed by atoms with Gasteiger partial charge in [-0.2, -0.15) is 0 Å². The zero-order valence-electron chi connectivity index (χ0n) is 12.4. The van der Waals surface area contributed by atoms with Crippen molar-refractivity contribution >= 4 is 11.8 Å². The Kier molecular flexibility index (Phi) is 8.27. The summed E-state index contributed by atoms with van der Waals surface area (Å²) in [4.78, 5) is 22.5. The third-order valence-corrected chi connectivity index (χ3v) is 2.96. The molecule has 5 heteroatoms. The predicted molar refractivity (Wildman–Crippen MR) is 71.6 cm³/mol. The molecule has 0 spiro atoms. The molecule has 5 nitrogen and oxygen atoms in total. The van der Waals surface area contributed by atoms with Gasteiger partial charge in [0.05, 0.1) is 0 Å². The predicted octanol–water partition coefficient (Wildman–Crippen LogP) is 2.10. The first kappa shape index (κ1) is 17.8. The maximum atomic E-state index is 11.5. The van der Waals surface area contributed by atoms with Crippen molar-refractivity contribution < 1.29 is 23.8 Å². The van der Waals surface area contributed by atoms with Gasteiger partial charge in [0.25, 0.3) is 0 Å². The van der Waals surface area contributed by atoms with Crippen LogP contribution in [0, 0.1) is 5.92 Å². The lowest BCUT2D eigenvalue weighted by Crippen LogP contribution is -2.29. The molecule has 0 radical (unpaired) electrons. The maximum absolute atomic E-state index is 11.5. The van der Waals surface area contributed by atoms with Gasteiger partial charge < -0.3 is 14.2 Å². The molecule has 0 aromatic heterocycles. The second-order valence-corrected chi connectivity index (χ2v) is 4.62. The van der Waals surface area contributed by atoms with Crippen molar-refractivity contribution in [3.05, 3.63) is 12.2 Å². The Morgan fingerprint density at radius 1 is 1.05 bits per heavy atom. The summed E-state index contributed by atoms with van der Waals surface area (Å²) in [5.74, 6) is -0.651. The van der Waals surface area contributed by atoms with Crippen LogP contribution >= 0.6 is 0 Å². The summed E-state index contributed by atoms with van der Waals surface area (Å²) in [6.45, 7) is 8.48. The standard InChI is InChI=1S/C14H24O5/c1-9(2)12(8-14(17-5)18-6)7-13(10(3)15)19-11(4)16/h12-14H,1,7-8H2,2-6H3/t12-,13+/m1/s1. The molecule has 0 aliphatic carbocycles. The number of carbonyl (C=O) groups excluding carboxylic acids is 2. The molecule has 0 unspecified atom stereocenters. The minimum Gasteiger partial charge on any atom is -0.455 e. The number of hydrogen-bond acceptors (Lipinski definition) is 5. The normalized spacial score (nSPS) is 14.0. The molecule has 0 heterocycles. The topological polar surface area (TPSA) is 61.8 Å². The van der Waals surface area contributed by atoms with Gasteiger partial charge in [0.1, 0.15) is 0 Å². The summed E-state index contributed by atoms with van der Waals surface area (Å²) in [7, 11) is 3.11. The lowest BCUT2D eigenvalue weighted by molar-refractivity contribution is -0.154. The minimum absolute atomic E-state index is 0.0156. The molecule has 0 fully saturated rings. The molecule has 19 heavy (non-hydrogen) atoms. The zero-order valence-corrected chi connectivity index (χ0v) is 12.4. The Labute approximate surface area is 114 Å². The average Bonchev–Trinajstić information content (AvgIpc) is 2.31. The van der Waals surface area contributed by atoms with E-state index in [4.69, 9.17) is 14.2 Å². The Bertz CT molecular complexity index is 320. The largest absolute Gasteiger partial charge is 0.455 e. The molecule has 0 aliphatic rings. The van der Waals surface area contributed by atoms with Crippen LogP contribution in [0.5, 0.6) is 0 Å². The van der Waals surface area contributed by atoms with Crippen molar-refractivity contribution in [3.63, 3.8) is 0 Å². The molecule has 0 bridgehead atoms. The quantitative estimate of drug-likeness (QED) is 0.365. The van der Waals surface area contributed by atoms with Crippen LogP contribution in [0.15, 0.2) is 12.2 Å². The monoisotopic (exact) mass is 272 g/mol. The molecule has 0 aromatic rings. The number of ether oxygens (including phenoxy) is 3. The highest BCUT2D eigenvalue weighted by molar-refractivity contribution is 5.83. The first-order valence-corrected chi connectivity index (χ1v) is 6.20. The number of carbonyl (C=O) groups is 2. The van der Waals surface area contributed by atoms with Crippen molar-refractivity contribution in [3.8, 4) is 0 Å². The minimum atomic E-state index is -0.742. The van der Waals surface area contributed by atoms with Crippen LogP contribution in [0.3, 0.4) is 0 Å². The highest BCUT2D eigenvalue weighted by Crippen LogP contribution is 2.24. The van der Waals surface area contributed by atoms with Gasteiger partial charge in [-0.25, -0.2) is 0 Å². The molecule has 110 valence electrons. The average molecular weight is 272 g/mol. The van der Waals surface area contributed by atoms with Gasteiger partial charge in [-0.05, 0) is 26.2 Å². The summed E-state index contributed by atoms with van der Waals surface area (Å²) in [6, 6.07) is 0. The van der Waals surface area contributed by atoms with Gasteiger partial charge >= 0.3 is 5.97 Å². The molecule has 0 aromatic carbocycles. The van der Waals surface area contributed by atoms with Crippen molar-refractivity contribution in [2.75, 3.05) is 14.2 Å². The Morgan fingerprint density at radius 2 is 1.58 bits per heavy atom. The van der Waals surface area contributed by atoms with Gasteiger partial charge in [-0.15, -0.1) is 0 Å². The fourth-order valence-corrected chi connectivity index (χ4v) is 1.78. The first-order chi connectivity index (χ1) is 8.81. The number of esters is 1. The fraction of sp³-hybridized carbons (Fsp3) is 0.714. The van der Waals surface area contributed by atoms with E-state index in [0.717, 1.165) is 5.57 Å². The molecule has 0 N–H and O–H groups in total. The van der Waals surface area contributed by atoms with E-state index in [1.165, 1.54) is 13.8 Å². The van der Waals surface area contributed by atoms with Crippen LogP contribution in [0.4, 0.5) is 0 Å². The van der Waals surface area contributed by atoms with E-state index in [0.29, 0.717) is 12.8 Å². The van der Waals surface area contributed by atoms with Gasteiger partial charge in [0.2, 0.25) is 0 Å². The smallest absolute Gasteiger partial charge is 0.303 e. The van der Waals surface area contributed by atoms with Crippen LogP contribution in [0.2, 0.25) is 0 Å². The molecule has 0 saturated carbocycles. The summed E-state index contributed by atoms with van der Waals surface area (Å²) < 4.78 is 15.3. The second-order valence-electron chi connectivity index (χ2n) is 4.62. The van der Waals surface area contributed by atoms with Gasteiger partial charge in [0.15, 0.2) is 18.2 Å². The van der Waals surface area contributed by atoms with Gasteiger partial charge in [-0.3, -0.25) is 9.59 Å². The first-order valence-electron chi connectivity index (χ1n) is 6.20. The van der Waals surface area contributed by atoms with E-state index >= 15 is 0 Å². The SMILES string of the molecule is C=C(C)[C@@H](CC(OC)OC)C[C@H](OC(C)=O)C(C)=O. The molecule has 2 atom stereocenters. The summed E-state index contributed by atoms with van der Waals surface area (Å²) in [5.41, 5.74) is 0.900. The van der Waals surface area contributed by atoms with E-state index in [9.17, 15) is 9.59 Å². The summed E-state index contributed by atoms with van der Waals surface area (Å²) in [5, 5.41) is 0. The van der Waals surface area contributed by atoms with Crippen LogP contribution in [0.1, 0.15) is 33.6 Å². The van der Waals surface area contributed by atoms with Gasteiger partial charge in [0, 0.05) is 27.6 Å². The second kappa shape index (κ2) is 8.82. The van der Waals surface area contributed by atoms with E-state index < -0.39 is 12.1 Å². The highest BCUT2D eigenvalue weighted by atomic mass is 16.7. The Morgan fingerprint density at radius 3 is 1.89 bits per heavy atom. The Hall–Kier alpha value is -1.20. The number of allylic oxidation sites excluding steroid dienone is 1. The number of methoxy groups -OCH3 is 2. The van der Waals surface area contributed by atoms with Crippen molar-refractivity contribution in [1.82, 2.24) is 0 Å². The molecule has 0 rings (SSSR count). The number of hydrogen-bond donors (Lipinski definition) is 0. The number of rotatable bonds is 9. The van der Waals surface area contributed by atoms with Crippen molar-refractivity contribution in [2.45, 2.75) is 46.0 Å². The molecule has 0 saturated heterocycles. The van der Waals surface area contributed by atoms with E-state index in [1.807, 2.05) is 6.92 Å². The highest BCUT2D eigenvalue weighted by Gasteiger charge is 2.25. The third-order valence-electron chi connectivity index (χ3n) is 2.96. The summed E-state index contributed by atoms with van der Waals surface area (Å²) in [6.07, 6.45) is -0.152. The van der Waals surface area contributed by atoms with Crippen molar-refractivity contribution in [1.29, 1.82) is 0 Å². The van der Waals surface area contributed by atoms with Crippen LogP contribution in [0.25, 0.3) is 0 Å². The lowest BCUT2D eigenvalue weighted by Gasteiger charge is -2.25. The van der Waals surface area contributed by atoms with E-state index in [-0.39, 0.29) is 18.0 Å². The van der Waals surface area contributed by atoms with E-state index in [2.05, 4.69) is 6.58 Å². The number of ketones is 1. The van der Waals surface area contributed by atoms with Crippen LogP contribution < -0.4 is 0 Å². The summed E-state index contributed by atoms with van der Waals surface area (Å²) >= 11 is 0. The van der Waals surface area contributed by atoms with Gasteiger partial charge in [-0.1, -0.05) is 12.2 Å². The molecule has 0 aliphatic heterocycles. The third kappa shape index (κ3) is 7.08. The molecular formula is C14H24O5.